The van der Waals surface area contributed by atoms with Gasteiger partial charge >= 0.3 is 0 Å². The highest BCUT2D eigenvalue weighted by molar-refractivity contribution is 5.92. The second kappa shape index (κ2) is 5.80. The van der Waals surface area contributed by atoms with E-state index in [2.05, 4.69) is 10.3 Å². The predicted molar refractivity (Wildman–Crippen MR) is 57.9 cm³/mol. The SMILES string of the molecule is C/C=C/CNC(=O)c1cc(OC)ccn1. The summed E-state index contributed by atoms with van der Waals surface area (Å²) in [6.45, 7) is 2.41. The topological polar surface area (TPSA) is 51.2 Å². The van der Waals surface area contributed by atoms with Crippen LogP contribution in [-0.4, -0.2) is 24.5 Å². The first-order valence-corrected chi connectivity index (χ1v) is 4.67. The summed E-state index contributed by atoms with van der Waals surface area (Å²) >= 11 is 0. The molecular weight excluding hydrogens is 192 g/mol. The highest BCUT2D eigenvalue weighted by Gasteiger charge is 2.06. The van der Waals surface area contributed by atoms with Crippen molar-refractivity contribution in [2.45, 2.75) is 6.92 Å². The average molecular weight is 206 g/mol. The Morgan fingerprint density at radius 1 is 1.67 bits per heavy atom. The summed E-state index contributed by atoms with van der Waals surface area (Å²) in [4.78, 5) is 15.5. The van der Waals surface area contributed by atoms with Crippen LogP contribution in [0.2, 0.25) is 0 Å². The van der Waals surface area contributed by atoms with Crippen LogP contribution in [0.3, 0.4) is 0 Å². The van der Waals surface area contributed by atoms with Crippen molar-refractivity contribution in [2.75, 3.05) is 13.7 Å². The molecule has 0 unspecified atom stereocenters. The molecule has 0 fully saturated rings. The van der Waals surface area contributed by atoms with Crippen molar-refractivity contribution >= 4 is 5.91 Å². The lowest BCUT2D eigenvalue weighted by Crippen LogP contribution is -2.24. The summed E-state index contributed by atoms with van der Waals surface area (Å²) in [5, 5.41) is 2.71. The van der Waals surface area contributed by atoms with E-state index >= 15 is 0 Å². The second-order valence-electron chi connectivity index (χ2n) is 2.86. The fraction of sp³-hybridized carbons (Fsp3) is 0.273. The molecule has 0 atom stereocenters. The fourth-order valence-corrected chi connectivity index (χ4v) is 1.02. The molecule has 0 aliphatic heterocycles. The van der Waals surface area contributed by atoms with Gasteiger partial charge in [-0.25, -0.2) is 0 Å². The summed E-state index contributed by atoms with van der Waals surface area (Å²) in [6, 6.07) is 3.30. The molecule has 1 rings (SSSR count). The molecule has 1 amide bonds. The van der Waals surface area contributed by atoms with Gasteiger partial charge in [0.1, 0.15) is 11.4 Å². The number of nitrogens with one attached hydrogen (secondary N) is 1. The molecule has 1 N–H and O–H groups in total. The third-order valence-electron chi connectivity index (χ3n) is 1.82. The lowest BCUT2D eigenvalue weighted by Gasteiger charge is -2.03. The number of pyridine rings is 1. The van der Waals surface area contributed by atoms with Gasteiger partial charge in [0, 0.05) is 18.8 Å². The van der Waals surface area contributed by atoms with Crippen LogP contribution in [0, 0.1) is 0 Å². The van der Waals surface area contributed by atoms with Gasteiger partial charge in [-0.1, -0.05) is 12.2 Å². The summed E-state index contributed by atoms with van der Waals surface area (Å²) in [7, 11) is 1.55. The van der Waals surface area contributed by atoms with Gasteiger partial charge in [-0.3, -0.25) is 9.78 Å². The summed E-state index contributed by atoms with van der Waals surface area (Å²) in [5.74, 6) is 0.424. The molecule has 0 radical (unpaired) electrons. The van der Waals surface area contributed by atoms with Gasteiger partial charge in [-0.15, -0.1) is 0 Å². The van der Waals surface area contributed by atoms with Crippen LogP contribution in [0.25, 0.3) is 0 Å². The molecule has 0 saturated heterocycles. The van der Waals surface area contributed by atoms with Gasteiger partial charge in [-0.2, -0.15) is 0 Å². The number of amides is 1. The summed E-state index contributed by atoms with van der Waals surface area (Å²) in [5.41, 5.74) is 0.360. The van der Waals surface area contributed by atoms with Gasteiger partial charge < -0.3 is 10.1 Å². The number of carbonyl (C=O) groups is 1. The van der Waals surface area contributed by atoms with E-state index in [1.165, 1.54) is 0 Å². The van der Waals surface area contributed by atoms with E-state index in [1.807, 2.05) is 19.1 Å². The zero-order chi connectivity index (χ0) is 11.1. The van der Waals surface area contributed by atoms with Crippen LogP contribution in [0.5, 0.6) is 5.75 Å². The number of nitrogens with zero attached hydrogens (tertiary/aromatic N) is 1. The molecule has 0 bridgehead atoms. The zero-order valence-corrected chi connectivity index (χ0v) is 8.86. The first-order valence-electron chi connectivity index (χ1n) is 4.67. The number of hydrogen-bond acceptors (Lipinski definition) is 3. The molecule has 0 saturated carbocycles. The fourth-order valence-electron chi connectivity index (χ4n) is 1.02. The monoisotopic (exact) mass is 206 g/mol. The third kappa shape index (κ3) is 3.42. The van der Waals surface area contributed by atoms with E-state index < -0.39 is 0 Å². The molecule has 0 spiro atoms. The number of aromatic nitrogens is 1. The van der Waals surface area contributed by atoms with Gasteiger partial charge in [0.15, 0.2) is 0 Å². The van der Waals surface area contributed by atoms with Crippen molar-refractivity contribution in [1.29, 1.82) is 0 Å². The van der Waals surface area contributed by atoms with Crippen LogP contribution in [-0.2, 0) is 0 Å². The highest BCUT2D eigenvalue weighted by atomic mass is 16.5. The molecule has 0 aromatic carbocycles. The standard InChI is InChI=1S/C11H14N2O2/c1-3-4-6-13-11(14)10-8-9(15-2)5-7-12-10/h3-5,7-8H,6H2,1-2H3,(H,13,14)/b4-3+. The van der Waals surface area contributed by atoms with Gasteiger partial charge in [-0.05, 0) is 13.0 Å². The molecular formula is C11H14N2O2. The number of carbonyl (C=O) groups excluding carboxylic acids is 1. The number of rotatable bonds is 4. The van der Waals surface area contributed by atoms with E-state index in [4.69, 9.17) is 4.74 Å². The quantitative estimate of drug-likeness (QED) is 0.757. The second-order valence-corrected chi connectivity index (χ2v) is 2.86. The van der Waals surface area contributed by atoms with E-state index in [-0.39, 0.29) is 5.91 Å². The van der Waals surface area contributed by atoms with Crippen molar-refractivity contribution < 1.29 is 9.53 Å². The minimum absolute atomic E-state index is 0.202. The minimum Gasteiger partial charge on any atom is -0.497 e. The Hall–Kier alpha value is -1.84. The number of allylic oxidation sites excluding steroid dienone is 1. The molecule has 1 aromatic rings. The van der Waals surface area contributed by atoms with E-state index in [0.717, 1.165) is 0 Å². The first kappa shape index (κ1) is 11.2. The Morgan fingerprint density at radius 3 is 3.13 bits per heavy atom. The van der Waals surface area contributed by atoms with Gasteiger partial charge in [0.2, 0.25) is 0 Å². The molecule has 1 aromatic heterocycles. The largest absolute Gasteiger partial charge is 0.497 e. The Bertz CT molecular complexity index is 361. The van der Waals surface area contributed by atoms with Crippen molar-refractivity contribution in [3.8, 4) is 5.75 Å². The molecule has 15 heavy (non-hydrogen) atoms. The highest BCUT2D eigenvalue weighted by Crippen LogP contribution is 2.09. The van der Waals surface area contributed by atoms with Crippen molar-refractivity contribution in [3.05, 3.63) is 36.2 Å². The van der Waals surface area contributed by atoms with Crippen molar-refractivity contribution in [2.24, 2.45) is 0 Å². The van der Waals surface area contributed by atoms with Gasteiger partial charge in [0.05, 0.1) is 7.11 Å². The van der Waals surface area contributed by atoms with Crippen molar-refractivity contribution in [3.63, 3.8) is 0 Å². The predicted octanol–water partition coefficient (Wildman–Crippen LogP) is 1.40. The molecule has 4 nitrogen and oxygen atoms in total. The first-order chi connectivity index (χ1) is 7.27. The Kier molecular flexibility index (Phi) is 4.34. The smallest absolute Gasteiger partial charge is 0.270 e. The third-order valence-corrected chi connectivity index (χ3v) is 1.82. The minimum atomic E-state index is -0.202. The van der Waals surface area contributed by atoms with Gasteiger partial charge in [0.25, 0.3) is 5.91 Å². The van der Waals surface area contributed by atoms with Crippen LogP contribution in [0.1, 0.15) is 17.4 Å². The van der Waals surface area contributed by atoms with Crippen LogP contribution in [0.4, 0.5) is 0 Å². The maximum Gasteiger partial charge on any atom is 0.270 e. The normalized spacial score (nSPS) is 10.3. The number of hydrogen-bond donors (Lipinski definition) is 1. The zero-order valence-electron chi connectivity index (χ0n) is 8.86. The maximum absolute atomic E-state index is 11.5. The average Bonchev–Trinajstić information content (AvgIpc) is 2.29. The van der Waals surface area contributed by atoms with E-state index in [9.17, 15) is 4.79 Å². The Morgan fingerprint density at radius 2 is 2.47 bits per heavy atom. The Balaban J connectivity index is 2.64. The van der Waals surface area contributed by atoms with E-state index in [0.29, 0.717) is 18.0 Å². The molecule has 0 aliphatic carbocycles. The number of methoxy groups -OCH3 is 1. The molecule has 80 valence electrons. The molecule has 1 heterocycles. The summed E-state index contributed by atoms with van der Waals surface area (Å²) < 4.78 is 5.00. The summed E-state index contributed by atoms with van der Waals surface area (Å²) in [6.07, 6.45) is 5.28. The lowest BCUT2D eigenvalue weighted by molar-refractivity contribution is 0.0952. The van der Waals surface area contributed by atoms with Crippen LogP contribution < -0.4 is 10.1 Å². The number of ether oxygens (including phenoxy) is 1. The van der Waals surface area contributed by atoms with Crippen molar-refractivity contribution in [1.82, 2.24) is 10.3 Å². The Labute approximate surface area is 89.0 Å². The maximum atomic E-state index is 11.5. The lowest BCUT2D eigenvalue weighted by atomic mass is 10.3. The van der Waals surface area contributed by atoms with E-state index in [1.54, 1.807) is 25.4 Å². The van der Waals surface area contributed by atoms with Crippen LogP contribution >= 0.6 is 0 Å². The molecule has 0 aliphatic rings. The molecule has 4 heteroatoms. The van der Waals surface area contributed by atoms with Crippen LogP contribution in [0.15, 0.2) is 30.5 Å².